The van der Waals surface area contributed by atoms with Crippen molar-refractivity contribution in [2.24, 2.45) is 17.8 Å². The first-order valence-corrected chi connectivity index (χ1v) is 19.4. The Balaban J connectivity index is 1.45. The maximum absolute atomic E-state index is 14.3. The molecule has 5 fully saturated rings. The molecule has 13 heteroatoms. The number of aliphatic hydroxyl groups is 1. The summed E-state index contributed by atoms with van der Waals surface area (Å²) in [5, 5.41) is 18.3. The molecule has 0 bridgehead atoms. The van der Waals surface area contributed by atoms with Crippen LogP contribution in [0, 0.1) is 17.8 Å². The molecule has 1 amide bonds. The number of fused-ring (bicyclic) bond motifs is 1. The molecule has 292 valence electrons. The van der Waals surface area contributed by atoms with Crippen LogP contribution >= 0.6 is 0 Å². The Labute approximate surface area is 305 Å². The van der Waals surface area contributed by atoms with Crippen LogP contribution in [0.3, 0.4) is 0 Å². The van der Waals surface area contributed by atoms with Crippen molar-refractivity contribution in [1.29, 1.82) is 0 Å². The highest BCUT2D eigenvalue weighted by molar-refractivity contribution is 6.00. The summed E-state index contributed by atoms with van der Waals surface area (Å²) in [6, 6.07) is -0.943. The first kappa shape index (κ1) is 40.3. The lowest BCUT2D eigenvalue weighted by atomic mass is 9.78. The zero-order valence-electron chi connectivity index (χ0n) is 32.7. The summed E-state index contributed by atoms with van der Waals surface area (Å²) in [4.78, 5) is 45.2. The van der Waals surface area contributed by atoms with E-state index in [-0.39, 0.29) is 35.4 Å². The molecule has 1 aliphatic carbocycles. The van der Waals surface area contributed by atoms with Gasteiger partial charge >= 0.3 is 12.1 Å². The molecule has 1 saturated carbocycles. The van der Waals surface area contributed by atoms with Crippen LogP contribution in [0.5, 0.6) is 0 Å². The van der Waals surface area contributed by atoms with E-state index in [1.807, 2.05) is 39.8 Å². The lowest BCUT2D eigenvalue weighted by Gasteiger charge is -2.48. The fourth-order valence-corrected chi connectivity index (χ4v) is 9.53. The number of nitrogens with one attached hydrogen (secondary N) is 2. The highest BCUT2D eigenvalue weighted by Crippen LogP contribution is 2.49. The van der Waals surface area contributed by atoms with Gasteiger partial charge in [0.15, 0.2) is 17.7 Å². The van der Waals surface area contributed by atoms with Gasteiger partial charge in [-0.25, -0.2) is 4.79 Å². The molecule has 13 nitrogen and oxygen atoms in total. The number of carbonyl (C=O) groups is 3. The number of esters is 1. The molecule has 13 atom stereocenters. The van der Waals surface area contributed by atoms with E-state index in [0.717, 1.165) is 13.1 Å². The number of alkyl carbamates (subject to hydrolysis) is 1. The molecule has 5 aliphatic rings. The summed E-state index contributed by atoms with van der Waals surface area (Å²) < 4.78 is 31.6. The smallest absolute Gasteiger partial charge is 0.408 e. The van der Waals surface area contributed by atoms with E-state index in [1.165, 1.54) is 32.1 Å². The number of amides is 1. The molecular weight excluding hydrogens is 656 g/mol. The van der Waals surface area contributed by atoms with Crippen LogP contribution in [0.4, 0.5) is 4.79 Å². The van der Waals surface area contributed by atoms with Crippen molar-refractivity contribution in [1.82, 2.24) is 20.4 Å². The average molecular weight is 723 g/mol. The van der Waals surface area contributed by atoms with Gasteiger partial charge in [-0.3, -0.25) is 14.5 Å². The van der Waals surface area contributed by atoms with Crippen molar-refractivity contribution < 1.29 is 43.2 Å². The van der Waals surface area contributed by atoms with Crippen molar-refractivity contribution in [2.45, 2.75) is 165 Å². The zero-order valence-corrected chi connectivity index (χ0v) is 32.7. The highest BCUT2D eigenvalue weighted by Gasteiger charge is 2.56. The number of aliphatic hydroxyl groups excluding tert-OH is 1. The number of carbonyl (C=O) groups excluding carboxylic acids is 3. The second-order valence-corrected chi connectivity index (χ2v) is 17.0. The van der Waals surface area contributed by atoms with Crippen LogP contribution in [0.1, 0.15) is 99.8 Å². The topological polar surface area (TPSA) is 148 Å². The Hall–Kier alpha value is -1.87. The first-order valence-electron chi connectivity index (χ1n) is 19.4. The predicted octanol–water partition coefficient (Wildman–Crippen LogP) is 3.25. The van der Waals surface area contributed by atoms with Gasteiger partial charge in [-0.2, -0.15) is 0 Å². The van der Waals surface area contributed by atoms with Crippen LogP contribution in [0.25, 0.3) is 0 Å². The molecule has 5 rings (SSSR count). The molecule has 0 aromatic carbocycles. The van der Waals surface area contributed by atoms with Gasteiger partial charge in [0.05, 0.1) is 23.9 Å². The maximum atomic E-state index is 14.3. The van der Waals surface area contributed by atoms with Gasteiger partial charge < -0.3 is 44.3 Å². The number of piperidine rings is 1. The molecule has 0 aromatic rings. The summed E-state index contributed by atoms with van der Waals surface area (Å²) in [5.41, 5.74) is -1.87. The van der Waals surface area contributed by atoms with Gasteiger partial charge in [0, 0.05) is 37.2 Å². The van der Waals surface area contributed by atoms with Gasteiger partial charge in [-0.1, -0.05) is 27.2 Å². The van der Waals surface area contributed by atoms with Gasteiger partial charge in [0.1, 0.15) is 18.1 Å². The molecule has 4 heterocycles. The van der Waals surface area contributed by atoms with E-state index in [0.29, 0.717) is 25.8 Å². The molecule has 51 heavy (non-hydrogen) atoms. The lowest BCUT2D eigenvalue weighted by Crippen LogP contribution is -2.61. The number of hydrogen-bond donors (Lipinski definition) is 3. The van der Waals surface area contributed by atoms with Crippen molar-refractivity contribution >= 4 is 17.8 Å². The monoisotopic (exact) mass is 722 g/mol. The van der Waals surface area contributed by atoms with E-state index >= 15 is 0 Å². The number of rotatable bonds is 7. The molecule has 1 spiro atoms. The van der Waals surface area contributed by atoms with E-state index in [1.54, 1.807) is 27.9 Å². The maximum Gasteiger partial charge on any atom is 0.408 e. The lowest BCUT2D eigenvalue weighted by molar-refractivity contribution is -0.299. The third-order valence-corrected chi connectivity index (χ3v) is 13.0. The number of Topliss-reactive ketones (excluding diaryl/α,β-unsaturated/α-hetero) is 1. The molecule has 4 saturated heterocycles. The highest BCUT2D eigenvalue weighted by atomic mass is 16.7. The Morgan fingerprint density at radius 1 is 1.06 bits per heavy atom. The Morgan fingerprint density at radius 3 is 2.39 bits per heavy atom. The second kappa shape index (κ2) is 15.8. The number of ether oxygens (including phenoxy) is 5. The summed E-state index contributed by atoms with van der Waals surface area (Å²) in [6.07, 6.45) is 3.24. The number of likely N-dealkylation sites (N-methyl/N-ethyl adjacent to an activating group) is 1. The Bertz CT molecular complexity index is 1250. The molecular formula is C38H66N4O9. The first-order chi connectivity index (χ1) is 24.0. The third kappa shape index (κ3) is 8.29. The number of likely N-dealkylation sites (tertiary alicyclic amines) is 1. The van der Waals surface area contributed by atoms with Gasteiger partial charge in [-0.15, -0.1) is 0 Å². The summed E-state index contributed by atoms with van der Waals surface area (Å²) in [7, 11) is 5.54. The zero-order chi connectivity index (χ0) is 37.5. The average Bonchev–Trinajstić information content (AvgIpc) is 3.79. The number of ketones is 1. The SMILES string of the molecule is CC[C@H]1OC(=O)C(C)C(=O)[C@H](C)[C@@H](OC2OC(CN3CCCCC34CC4)CC(N(C)C)C2O)[C@](C)(OC)C[C@@H](C)CN[C@H](C)[C@H]2NC(=O)O[C@@]21C. The van der Waals surface area contributed by atoms with Gasteiger partial charge in [0.25, 0.3) is 0 Å². The molecule has 0 aromatic heterocycles. The summed E-state index contributed by atoms with van der Waals surface area (Å²) in [6.45, 7) is 15.3. The normalized spacial score (nSPS) is 44.2. The fraction of sp³-hybridized carbons (Fsp3) is 0.921. The van der Waals surface area contributed by atoms with E-state index in [2.05, 4.69) is 22.5 Å². The Morgan fingerprint density at radius 2 is 1.76 bits per heavy atom. The van der Waals surface area contributed by atoms with Crippen LogP contribution in [0.2, 0.25) is 0 Å². The second-order valence-electron chi connectivity index (χ2n) is 17.0. The minimum atomic E-state index is -1.15. The van der Waals surface area contributed by atoms with Gasteiger partial charge in [-0.05, 0) is 106 Å². The van der Waals surface area contributed by atoms with Crippen LogP contribution in [-0.2, 0) is 33.3 Å². The predicted molar refractivity (Wildman–Crippen MR) is 191 cm³/mol. The molecule has 0 radical (unpaired) electrons. The van der Waals surface area contributed by atoms with Crippen molar-refractivity contribution in [3.63, 3.8) is 0 Å². The van der Waals surface area contributed by atoms with Crippen molar-refractivity contribution in [3.8, 4) is 0 Å². The third-order valence-electron chi connectivity index (χ3n) is 13.0. The standard InChI is InChI=1S/C38H66N4O9/c1-11-28-37(7)31(40-35(46)51-37)25(5)39-20-22(2)19-36(6,47-10)32(23(3)29(43)24(4)33(45)49-28)50-34-30(44)27(41(8)9)18-26(48-34)21-42-17-13-12-14-38(42)15-16-38/h22-28,30-32,34,39,44H,11-21H2,1-10H3,(H,40,46)/t22-,23+,24?,25-,26?,27?,28-,30?,31-,32-,34?,36-,37-/m1/s1. The van der Waals surface area contributed by atoms with Crippen molar-refractivity contribution in [3.05, 3.63) is 0 Å². The van der Waals surface area contributed by atoms with E-state index in [4.69, 9.17) is 23.7 Å². The molecule has 5 unspecified atom stereocenters. The quantitative estimate of drug-likeness (QED) is 0.262. The van der Waals surface area contributed by atoms with Crippen LogP contribution in [-0.4, -0.2) is 139 Å². The summed E-state index contributed by atoms with van der Waals surface area (Å²) >= 11 is 0. The Kier molecular flexibility index (Phi) is 12.5. The number of hydrogen-bond acceptors (Lipinski definition) is 12. The minimum absolute atomic E-state index is 0.0331. The van der Waals surface area contributed by atoms with E-state index < -0.39 is 65.7 Å². The number of cyclic esters (lactones) is 1. The van der Waals surface area contributed by atoms with Crippen LogP contribution in [0.15, 0.2) is 0 Å². The summed E-state index contributed by atoms with van der Waals surface area (Å²) in [5.74, 6) is -3.00. The van der Waals surface area contributed by atoms with E-state index in [9.17, 15) is 19.5 Å². The molecule has 4 aliphatic heterocycles. The van der Waals surface area contributed by atoms with Gasteiger partial charge in [0.2, 0.25) is 0 Å². The van der Waals surface area contributed by atoms with Crippen molar-refractivity contribution in [2.75, 3.05) is 40.8 Å². The largest absolute Gasteiger partial charge is 0.458 e. The molecule has 3 N–H and O–H groups in total. The number of nitrogens with zero attached hydrogens (tertiary/aromatic N) is 2. The number of methoxy groups -OCH3 is 1. The fourth-order valence-electron chi connectivity index (χ4n) is 9.53. The minimum Gasteiger partial charge on any atom is -0.458 e. The van der Waals surface area contributed by atoms with Crippen LogP contribution < -0.4 is 10.6 Å².